The average molecular weight is 705 g/mol. The highest BCUT2D eigenvalue weighted by atomic mass is 16.5. The summed E-state index contributed by atoms with van der Waals surface area (Å²) in [4.78, 5) is 56.8. The Morgan fingerprint density at radius 2 is 1.63 bits per heavy atom. The zero-order chi connectivity index (χ0) is 36.9. The van der Waals surface area contributed by atoms with Gasteiger partial charge in [-0.15, -0.1) is 0 Å². The molecule has 1 aliphatic heterocycles. The first-order valence-electron chi connectivity index (χ1n) is 19.1. The molecule has 2 aliphatic rings. The second-order valence-corrected chi connectivity index (χ2v) is 15.5. The van der Waals surface area contributed by atoms with Crippen LogP contribution in [0.4, 0.5) is 0 Å². The van der Waals surface area contributed by atoms with Gasteiger partial charge in [0.25, 0.3) is 0 Å². The number of amides is 4. The number of fused-ring (bicyclic) bond motifs is 1. The Labute approximate surface area is 304 Å². The third-order valence-electron chi connectivity index (χ3n) is 10.0. The fourth-order valence-corrected chi connectivity index (χ4v) is 7.28. The third-order valence-corrected chi connectivity index (χ3v) is 10.0. The number of nitrogens with two attached hydrogens (primary N) is 1. The van der Waals surface area contributed by atoms with Crippen molar-refractivity contribution in [1.29, 1.82) is 0 Å². The van der Waals surface area contributed by atoms with E-state index in [9.17, 15) is 24.3 Å². The van der Waals surface area contributed by atoms with E-state index >= 15 is 0 Å². The van der Waals surface area contributed by atoms with Crippen LogP contribution in [0, 0.1) is 17.8 Å². The Kier molecular flexibility index (Phi) is 15.5. The highest BCUT2D eigenvalue weighted by Crippen LogP contribution is 2.31. The zero-order valence-corrected chi connectivity index (χ0v) is 31.0. The van der Waals surface area contributed by atoms with E-state index in [1.54, 1.807) is 0 Å². The number of ether oxygens (including phenoxy) is 1. The fourth-order valence-electron chi connectivity index (χ4n) is 7.28. The van der Waals surface area contributed by atoms with Crippen molar-refractivity contribution in [3.63, 3.8) is 0 Å². The zero-order valence-electron chi connectivity index (χ0n) is 31.0. The van der Waals surface area contributed by atoms with E-state index in [2.05, 4.69) is 10.6 Å². The van der Waals surface area contributed by atoms with Gasteiger partial charge in [-0.05, 0) is 60.6 Å². The second kappa shape index (κ2) is 19.7. The largest absolute Gasteiger partial charge is 0.490 e. The van der Waals surface area contributed by atoms with Crippen molar-refractivity contribution in [3.8, 4) is 5.75 Å². The van der Waals surface area contributed by atoms with Gasteiger partial charge in [0.05, 0.1) is 24.6 Å². The number of nitrogens with one attached hydrogen (secondary N) is 2. The number of para-hydroxylation sites is 1. The van der Waals surface area contributed by atoms with Crippen molar-refractivity contribution < 1.29 is 29.0 Å². The predicted octanol–water partition coefficient (Wildman–Crippen LogP) is 5.09. The van der Waals surface area contributed by atoms with E-state index in [1.807, 2.05) is 82.3 Å². The molecule has 10 nitrogen and oxygen atoms in total. The molecule has 4 amide bonds. The van der Waals surface area contributed by atoms with Crippen LogP contribution in [0.25, 0.3) is 0 Å². The lowest BCUT2D eigenvalue weighted by Gasteiger charge is -2.35. The summed E-state index contributed by atoms with van der Waals surface area (Å²) in [6, 6.07) is 14.2. The van der Waals surface area contributed by atoms with Gasteiger partial charge >= 0.3 is 0 Å². The van der Waals surface area contributed by atoms with Crippen molar-refractivity contribution >= 4 is 23.6 Å². The van der Waals surface area contributed by atoms with Gasteiger partial charge < -0.3 is 26.2 Å². The maximum absolute atomic E-state index is 14.4. The van der Waals surface area contributed by atoms with Gasteiger partial charge in [0.1, 0.15) is 17.9 Å². The van der Waals surface area contributed by atoms with Crippen LogP contribution in [0.2, 0.25) is 0 Å². The van der Waals surface area contributed by atoms with Crippen LogP contribution < -0.4 is 21.1 Å². The smallest absolute Gasteiger partial charge is 0.247 e. The van der Waals surface area contributed by atoms with Gasteiger partial charge in [0, 0.05) is 19.4 Å². The molecule has 51 heavy (non-hydrogen) atoms. The van der Waals surface area contributed by atoms with Crippen LogP contribution in [-0.2, 0) is 32.0 Å². The van der Waals surface area contributed by atoms with Crippen LogP contribution in [0.15, 0.2) is 54.6 Å². The molecule has 5 atom stereocenters. The molecule has 1 fully saturated rings. The lowest BCUT2D eigenvalue weighted by atomic mass is 9.83. The van der Waals surface area contributed by atoms with E-state index in [0.29, 0.717) is 25.8 Å². The van der Waals surface area contributed by atoms with Gasteiger partial charge in [0.2, 0.25) is 23.6 Å². The molecule has 1 heterocycles. The number of hydrogen-bond acceptors (Lipinski definition) is 7. The molecule has 0 radical (unpaired) electrons. The Morgan fingerprint density at radius 3 is 2.29 bits per heavy atom. The molecule has 0 saturated heterocycles. The molecule has 2 aromatic carbocycles. The number of aliphatic hydroxyl groups is 1. The lowest BCUT2D eigenvalue weighted by molar-refractivity contribution is -0.154. The molecule has 5 N–H and O–H groups in total. The van der Waals surface area contributed by atoms with E-state index < -0.39 is 42.0 Å². The first-order chi connectivity index (χ1) is 24.4. The molecular formula is C41H60N4O6. The highest BCUT2D eigenvalue weighted by Gasteiger charge is 2.39. The summed E-state index contributed by atoms with van der Waals surface area (Å²) in [6.45, 7) is 8.36. The van der Waals surface area contributed by atoms with Crippen molar-refractivity contribution in [1.82, 2.24) is 15.5 Å². The number of imide groups is 1. The molecule has 4 rings (SSSR count). The predicted molar refractivity (Wildman–Crippen MR) is 199 cm³/mol. The highest BCUT2D eigenvalue weighted by molar-refractivity contribution is 6.02. The molecule has 1 unspecified atom stereocenters. The summed E-state index contributed by atoms with van der Waals surface area (Å²) in [7, 11) is 0. The lowest BCUT2D eigenvalue weighted by Crippen LogP contribution is -2.59. The van der Waals surface area contributed by atoms with Crippen molar-refractivity contribution in [2.24, 2.45) is 23.5 Å². The Bertz CT molecular complexity index is 1400. The van der Waals surface area contributed by atoms with Crippen LogP contribution >= 0.6 is 0 Å². The maximum atomic E-state index is 14.4. The molecule has 10 heteroatoms. The van der Waals surface area contributed by atoms with Crippen molar-refractivity contribution in [2.45, 2.75) is 135 Å². The number of benzene rings is 2. The number of carbonyl (C=O) groups is 4. The van der Waals surface area contributed by atoms with Crippen LogP contribution in [0.5, 0.6) is 5.75 Å². The first kappa shape index (κ1) is 40.0. The minimum atomic E-state index is -1.15. The number of rotatable bonds is 18. The standard InChI is InChI=1S/C41H60N4O6/c1-27(2)21-35(40(49)44-34(23-30-15-9-6-10-16-30)36(46)25-38(47)43-26-28(3)4)45(41(50)33(42)22-29-13-7-5-8-14-29)39(48)20-19-32-24-31-17-11-12-18-37(31)51-32/h5,7-8,11-14,17-18,27-28,30,32-36,46H,6,9-10,15-16,19-26,42H2,1-4H3,(H,43,47)(H,44,49)/t32-,33?,34-,35-,36-/m0/s1. The molecule has 2 aromatic rings. The minimum Gasteiger partial charge on any atom is -0.490 e. The van der Waals surface area contributed by atoms with Gasteiger partial charge in [-0.3, -0.25) is 24.1 Å². The summed E-state index contributed by atoms with van der Waals surface area (Å²) >= 11 is 0. The van der Waals surface area contributed by atoms with Gasteiger partial charge in [0.15, 0.2) is 0 Å². The minimum absolute atomic E-state index is 0.00548. The van der Waals surface area contributed by atoms with E-state index in [1.165, 1.54) is 0 Å². The SMILES string of the molecule is CC(C)CNC(=O)C[C@H](O)[C@H](CC1CCCCC1)NC(=O)[C@H](CC(C)C)N(C(=O)CC[C@H]1Cc2ccccc2O1)C(=O)C(N)Cc1ccccc1. The summed E-state index contributed by atoms with van der Waals surface area (Å²) < 4.78 is 6.09. The Hall–Kier alpha value is -3.76. The molecule has 1 aliphatic carbocycles. The van der Waals surface area contributed by atoms with Gasteiger partial charge in [-0.25, -0.2) is 0 Å². The van der Waals surface area contributed by atoms with Crippen molar-refractivity contribution in [3.05, 3.63) is 65.7 Å². The van der Waals surface area contributed by atoms with Gasteiger partial charge in [-0.2, -0.15) is 0 Å². The quantitative estimate of drug-likeness (QED) is 0.169. The number of carbonyl (C=O) groups excluding carboxylic acids is 4. The Morgan fingerprint density at radius 1 is 0.941 bits per heavy atom. The Balaban J connectivity index is 1.57. The van der Waals surface area contributed by atoms with Crippen LogP contribution in [0.1, 0.15) is 103 Å². The van der Waals surface area contributed by atoms with Crippen LogP contribution in [-0.4, -0.2) is 70.5 Å². The van der Waals surface area contributed by atoms with Crippen molar-refractivity contribution in [2.75, 3.05) is 6.54 Å². The molecule has 1 saturated carbocycles. The van der Waals surface area contributed by atoms with E-state index in [-0.39, 0.29) is 55.4 Å². The fraction of sp³-hybridized carbons (Fsp3) is 0.610. The first-order valence-corrected chi connectivity index (χ1v) is 19.1. The number of aliphatic hydroxyl groups excluding tert-OH is 1. The third kappa shape index (κ3) is 12.5. The van der Waals surface area contributed by atoms with E-state index in [4.69, 9.17) is 10.5 Å². The number of nitrogens with zero attached hydrogens (tertiary/aromatic N) is 1. The van der Waals surface area contributed by atoms with Gasteiger partial charge in [-0.1, -0.05) is 108 Å². The number of hydrogen-bond donors (Lipinski definition) is 4. The summed E-state index contributed by atoms with van der Waals surface area (Å²) in [6.07, 6.45) is 5.72. The topological polar surface area (TPSA) is 151 Å². The molecular weight excluding hydrogens is 644 g/mol. The second-order valence-electron chi connectivity index (χ2n) is 15.5. The van der Waals surface area contributed by atoms with E-state index in [0.717, 1.165) is 53.9 Å². The summed E-state index contributed by atoms with van der Waals surface area (Å²) in [5, 5.41) is 17.3. The maximum Gasteiger partial charge on any atom is 0.247 e. The molecule has 0 aromatic heterocycles. The monoisotopic (exact) mass is 704 g/mol. The molecule has 0 bridgehead atoms. The molecule has 280 valence electrons. The van der Waals surface area contributed by atoms with Crippen LogP contribution in [0.3, 0.4) is 0 Å². The molecule has 0 spiro atoms. The summed E-state index contributed by atoms with van der Waals surface area (Å²) in [5.41, 5.74) is 8.45. The normalized spacial score (nSPS) is 18.3. The summed E-state index contributed by atoms with van der Waals surface area (Å²) in [5.74, 6) is -0.618. The average Bonchev–Trinajstić information content (AvgIpc) is 3.53.